The van der Waals surface area contributed by atoms with E-state index in [4.69, 9.17) is 5.73 Å². The molecule has 1 aliphatic heterocycles. The van der Waals surface area contributed by atoms with Crippen LogP contribution in [0.1, 0.15) is 19.3 Å². The molecule has 0 saturated carbocycles. The van der Waals surface area contributed by atoms with Gasteiger partial charge < -0.3 is 20.1 Å². The predicted octanol–water partition coefficient (Wildman–Crippen LogP) is 1.15. The van der Waals surface area contributed by atoms with Gasteiger partial charge in [-0.1, -0.05) is 0 Å². The number of primary amides is 1. The van der Waals surface area contributed by atoms with Gasteiger partial charge in [0, 0.05) is 43.9 Å². The highest BCUT2D eigenvalue weighted by Gasteiger charge is 2.21. The minimum atomic E-state index is -4.13. The molecule has 0 aliphatic carbocycles. The first-order valence-corrected chi connectivity index (χ1v) is 10.6. The molecule has 0 aromatic carbocycles. The van der Waals surface area contributed by atoms with Crippen molar-refractivity contribution in [1.82, 2.24) is 19.7 Å². The molecule has 1 saturated heterocycles. The van der Waals surface area contributed by atoms with Gasteiger partial charge in [-0.15, -0.1) is 0 Å². The van der Waals surface area contributed by atoms with Crippen LogP contribution in [0.15, 0.2) is 36.8 Å². The number of nitrogens with zero attached hydrogens (tertiary/aromatic N) is 4. The van der Waals surface area contributed by atoms with Crippen molar-refractivity contribution in [2.45, 2.75) is 19.3 Å². The highest BCUT2D eigenvalue weighted by molar-refractivity contribution is 7.85. The Labute approximate surface area is 169 Å². The van der Waals surface area contributed by atoms with Crippen LogP contribution in [0.4, 0.5) is 22.2 Å². The zero-order valence-electron chi connectivity index (χ0n) is 15.7. The summed E-state index contributed by atoms with van der Waals surface area (Å²) < 4.78 is 29.1. The Balaban J connectivity index is 1.47. The van der Waals surface area contributed by atoms with E-state index in [-0.39, 0.29) is 6.54 Å². The zero-order chi connectivity index (χ0) is 20.7. The molecule has 3 rings (SSSR count). The first kappa shape index (κ1) is 20.7. The molecule has 2 aromatic heterocycles. The Morgan fingerprint density at radius 1 is 1.21 bits per heavy atom. The van der Waals surface area contributed by atoms with Crippen LogP contribution in [0.25, 0.3) is 0 Å². The van der Waals surface area contributed by atoms with E-state index in [1.807, 2.05) is 18.2 Å². The van der Waals surface area contributed by atoms with Crippen molar-refractivity contribution in [2.75, 3.05) is 29.9 Å². The van der Waals surface area contributed by atoms with Crippen LogP contribution < -0.4 is 20.7 Å². The average Bonchev–Trinajstić information content (AvgIpc) is 2.68. The Hall–Kier alpha value is -2.99. The molecule has 0 atom stereocenters. The molecule has 1 aliphatic rings. The Bertz CT molecular complexity index is 918. The van der Waals surface area contributed by atoms with Crippen LogP contribution in [-0.2, 0) is 14.5 Å². The van der Waals surface area contributed by atoms with Crippen LogP contribution in [0.5, 0.6) is 0 Å². The van der Waals surface area contributed by atoms with Crippen molar-refractivity contribution in [2.24, 2.45) is 11.7 Å². The van der Waals surface area contributed by atoms with Gasteiger partial charge in [0.1, 0.15) is 5.82 Å². The third-order valence-electron chi connectivity index (χ3n) is 4.54. The van der Waals surface area contributed by atoms with Crippen LogP contribution in [0, 0.1) is 5.92 Å². The molecular formula is C17H23N7O4S. The SMILES string of the molecule is NC(=O)OS(=O)(=O)NCCC1CCN(c2ccnc(Nc3ccncc3)n2)CC1. The van der Waals surface area contributed by atoms with Crippen molar-refractivity contribution >= 4 is 33.9 Å². The van der Waals surface area contributed by atoms with E-state index in [1.54, 1.807) is 18.6 Å². The Morgan fingerprint density at radius 3 is 2.62 bits per heavy atom. The lowest BCUT2D eigenvalue weighted by Gasteiger charge is -2.32. The van der Waals surface area contributed by atoms with Gasteiger partial charge in [0.05, 0.1) is 0 Å². The fourth-order valence-electron chi connectivity index (χ4n) is 3.13. The van der Waals surface area contributed by atoms with Gasteiger partial charge in [-0.05, 0) is 43.4 Å². The van der Waals surface area contributed by atoms with Gasteiger partial charge in [0.25, 0.3) is 0 Å². The first-order valence-electron chi connectivity index (χ1n) is 9.15. The normalized spacial score (nSPS) is 15.1. The minimum absolute atomic E-state index is 0.188. The summed E-state index contributed by atoms with van der Waals surface area (Å²) in [5, 5.41) is 3.15. The van der Waals surface area contributed by atoms with Crippen molar-refractivity contribution in [3.63, 3.8) is 0 Å². The van der Waals surface area contributed by atoms with E-state index in [2.05, 4.69) is 34.1 Å². The molecule has 11 nitrogen and oxygen atoms in total. The van der Waals surface area contributed by atoms with Crippen molar-refractivity contribution in [1.29, 1.82) is 0 Å². The van der Waals surface area contributed by atoms with E-state index < -0.39 is 16.4 Å². The molecule has 0 bridgehead atoms. The van der Waals surface area contributed by atoms with Crippen LogP contribution in [0.2, 0.25) is 0 Å². The molecule has 29 heavy (non-hydrogen) atoms. The topological polar surface area (TPSA) is 152 Å². The van der Waals surface area contributed by atoms with Crippen molar-refractivity contribution < 1.29 is 17.4 Å². The van der Waals surface area contributed by atoms with Gasteiger partial charge in [-0.25, -0.2) is 9.78 Å². The smallest absolute Gasteiger partial charge is 0.356 e. The molecule has 0 unspecified atom stereocenters. The number of aromatic nitrogens is 3. The number of nitrogens with one attached hydrogen (secondary N) is 2. The lowest BCUT2D eigenvalue weighted by atomic mass is 9.94. The largest absolute Gasteiger partial charge is 0.421 e. The predicted molar refractivity (Wildman–Crippen MR) is 107 cm³/mol. The summed E-state index contributed by atoms with van der Waals surface area (Å²) in [4.78, 5) is 25.5. The quantitative estimate of drug-likeness (QED) is 0.569. The third-order valence-corrected chi connectivity index (χ3v) is 5.48. The fourth-order valence-corrected chi connectivity index (χ4v) is 3.77. The summed E-state index contributed by atoms with van der Waals surface area (Å²) in [7, 11) is -4.13. The van der Waals surface area contributed by atoms with Crippen LogP contribution >= 0.6 is 0 Å². The number of amides is 1. The number of pyridine rings is 1. The monoisotopic (exact) mass is 421 g/mol. The highest BCUT2D eigenvalue weighted by Crippen LogP contribution is 2.24. The lowest BCUT2D eigenvalue weighted by Crippen LogP contribution is -2.36. The Kier molecular flexibility index (Phi) is 6.77. The van der Waals surface area contributed by atoms with Crippen LogP contribution in [-0.4, -0.2) is 49.1 Å². The minimum Gasteiger partial charge on any atom is -0.356 e. The first-order chi connectivity index (χ1) is 13.9. The van der Waals surface area contributed by atoms with E-state index in [9.17, 15) is 13.2 Å². The van der Waals surface area contributed by atoms with Gasteiger partial charge >= 0.3 is 16.4 Å². The number of rotatable bonds is 8. The number of hydrogen-bond acceptors (Lipinski definition) is 9. The second kappa shape index (κ2) is 9.47. The molecule has 1 amide bonds. The summed E-state index contributed by atoms with van der Waals surface area (Å²) >= 11 is 0. The molecular weight excluding hydrogens is 398 g/mol. The molecule has 3 heterocycles. The number of nitrogens with two attached hydrogens (primary N) is 1. The fraction of sp³-hybridized carbons (Fsp3) is 0.412. The number of anilines is 3. The van der Waals surface area contributed by atoms with E-state index >= 15 is 0 Å². The number of carbonyl (C=O) groups excluding carboxylic acids is 1. The standard InChI is InChI=1S/C17H23N7O4S/c18-16(25)28-29(26,27)21-10-1-13-5-11-24(12-6-13)15-4-9-20-17(23-15)22-14-2-7-19-8-3-14/h2-4,7-9,13,21H,1,5-6,10-12H2,(H2,18,25)(H,19,20,22,23). The third kappa shape index (κ3) is 6.54. The van der Waals surface area contributed by atoms with Gasteiger partial charge in [-0.2, -0.15) is 18.1 Å². The lowest BCUT2D eigenvalue weighted by molar-refractivity contribution is 0.211. The average molecular weight is 421 g/mol. The molecule has 1 fully saturated rings. The highest BCUT2D eigenvalue weighted by atomic mass is 32.2. The zero-order valence-corrected chi connectivity index (χ0v) is 16.5. The van der Waals surface area contributed by atoms with Crippen molar-refractivity contribution in [3.8, 4) is 0 Å². The second-order valence-corrected chi connectivity index (χ2v) is 7.93. The van der Waals surface area contributed by atoms with Gasteiger partial charge in [0.2, 0.25) is 5.95 Å². The maximum Gasteiger partial charge on any atom is 0.421 e. The number of piperidine rings is 1. The van der Waals surface area contributed by atoms with E-state index in [0.29, 0.717) is 18.3 Å². The summed E-state index contributed by atoms with van der Waals surface area (Å²) in [5.74, 6) is 1.71. The summed E-state index contributed by atoms with van der Waals surface area (Å²) in [6, 6.07) is 5.54. The van der Waals surface area contributed by atoms with Crippen LogP contribution in [0.3, 0.4) is 0 Å². The van der Waals surface area contributed by atoms with E-state index in [1.165, 1.54) is 0 Å². The summed E-state index contributed by atoms with van der Waals surface area (Å²) in [6.45, 7) is 1.80. The molecule has 12 heteroatoms. The summed E-state index contributed by atoms with van der Waals surface area (Å²) in [5.41, 5.74) is 5.57. The summed E-state index contributed by atoms with van der Waals surface area (Å²) in [6.07, 6.45) is 6.19. The maximum atomic E-state index is 11.4. The molecule has 0 spiro atoms. The molecule has 0 radical (unpaired) electrons. The number of hydrogen-bond donors (Lipinski definition) is 3. The molecule has 4 N–H and O–H groups in total. The second-order valence-electron chi connectivity index (χ2n) is 6.57. The maximum absolute atomic E-state index is 11.4. The van der Waals surface area contributed by atoms with Crippen molar-refractivity contribution in [3.05, 3.63) is 36.8 Å². The van der Waals surface area contributed by atoms with E-state index in [0.717, 1.165) is 37.4 Å². The molecule has 2 aromatic rings. The molecule has 156 valence electrons. The van der Waals surface area contributed by atoms with Gasteiger partial charge in [0.15, 0.2) is 0 Å². The number of carbonyl (C=O) groups is 1. The Morgan fingerprint density at radius 2 is 1.93 bits per heavy atom. The van der Waals surface area contributed by atoms with Gasteiger partial charge in [-0.3, -0.25) is 4.98 Å².